The first-order chi connectivity index (χ1) is 6.41. The van der Waals surface area contributed by atoms with E-state index in [-0.39, 0.29) is 23.8 Å². The lowest BCUT2D eigenvalue weighted by Crippen LogP contribution is -2.44. The molecular weight excluding hydrogens is 178 g/mol. The van der Waals surface area contributed by atoms with Gasteiger partial charge in [-0.15, -0.1) is 0 Å². The summed E-state index contributed by atoms with van der Waals surface area (Å²) in [5.74, 6) is 0.134. The van der Waals surface area contributed by atoms with Crippen molar-refractivity contribution in [2.45, 2.75) is 46.2 Å². The summed E-state index contributed by atoms with van der Waals surface area (Å²) in [5, 5.41) is 0. The third kappa shape index (κ3) is 3.58. The van der Waals surface area contributed by atoms with E-state index in [1.54, 1.807) is 0 Å². The molecule has 14 heavy (non-hydrogen) atoms. The maximum atomic E-state index is 11.8. The smallest absolute Gasteiger partial charge is 0.152 e. The van der Waals surface area contributed by atoms with Crippen LogP contribution in [0, 0.1) is 5.92 Å². The molecule has 0 aliphatic carbocycles. The quantitative estimate of drug-likeness (QED) is 0.608. The highest BCUT2D eigenvalue weighted by molar-refractivity contribution is 5.87. The minimum Gasteiger partial charge on any atom is -0.303 e. The maximum absolute atomic E-state index is 11.8. The SMILES string of the molecule is CC(C)C(=O)C(CC=O)N(C)C(C)C. The molecule has 0 rings (SSSR count). The summed E-state index contributed by atoms with van der Waals surface area (Å²) >= 11 is 0. The van der Waals surface area contributed by atoms with Crippen LogP contribution in [-0.4, -0.2) is 36.1 Å². The van der Waals surface area contributed by atoms with Gasteiger partial charge in [-0.1, -0.05) is 13.8 Å². The number of nitrogens with zero attached hydrogens (tertiary/aromatic N) is 1. The van der Waals surface area contributed by atoms with E-state index in [0.29, 0.717) is 6.42 Å². The summed E-state index contributed by atoms with van der Waals surface area (Å²) < 4.78 is 0. The maximum Gasteiger partial charge on any atom is 0.152 e. The number of carbonyl (C=O) groups excluding carboxylic acids is 2. The van der Waals surface area contributed by atoms with Crippen molar-refractivity contribution in [3.8, 4) is 0 Å². The van der Waals surface area contributed by atoms with Gasteiger partial charge in [0.15, 0.2) is 5.78 Å². The highest BCUT2D eigenvalue weighted by Crippen LogP contribution is 2.11. The van der Waals surface area contributed by atoms with Gasteiger partial charge in [-0.3, -0.25) is 9.69 Å². The summed E-state index contributed by atoms with van der Waals surface area (Å²) in [6.45, 7) is 7.78. The van der Waals surface area contributed by atoms with E-state index in [9.17, 15) is 9.59 Å². The number of likely N-dealkylation sites (N-methyl/N-ethyl adjacent to an activating group) is 1. The average Bonchev–Trinajstić information content (AvgIpc) is 2.11. The van der Waals surface area contributed by atoms with Crippen molar-refractivity contribution in [3.63, 3.8) is 0 Å². The Morgan fingerprint density at radius 2 is 1.79 bits per heavy atom. The monoisotopic (exact) mass is 199 g/mol. The van der Waals surface area contributed by atoms with Crippen LogP contribution in [0.2, 0.25) is 0 Å². The first kappa shape index (κ1) is 13.3. The van der Waals surface area contributed by atoms with Gasteiger partial charge >= 0.3 is 0 Å². The van der Waals surface area contributed by atoms with Gasteiger partial charge in [0, 0.05) is 18.4 Å². The molecule has 0 saturated carbocycles. The van der Waals surface area contributed by atoms with Gasteiger partial charge in [-0.25, -0.2) is 0 Å². The van der Waals surface area contributed by atoms with Crippen molar-refractivity contribution in [1.82, 2.24) is 4.90 Å². The predicted molar refractivity (Wildman–Crippen MR) is 57.2 cm³/mol. The molecule has 3 nitrogen and oxygen atoms in total. The fraction of sp³-hybridized carbons (Fsp3) is 0.818. The number of hydrogen-bond donors (Lipinski definition) is 0. The normalized spacial score (nSPS) is 13.7. The van der Waals surface area contributed by atoms with Gasteiger partial charge in [0.05, 0.1) is 6.04 Å². The number of Topliss-reactive ketones (excluding diaryl/α,β-unsaturated/α-hetero) is 1. The van der Waals surface area contributed by atoms with E-state index in [0.717, 1.165) is 6.29 Å². The molecule has 82 valence electrons. The Kier molecular flexibility index (Phi) is 5.62. The minimum atomic E-state index is -0.257. The van der Waals surface area contributed by atoms with E-state index in [1.165, 1.54) is 0 Å². The topological polar surface area (TPSA) is 37.4 Å². The van der Waals surface area contributed by atoms with Gasteiger partial charge in [-0.2, -0.15) is 0 Å². The van der Waals surface area contributed by atoms with E-state index >= 15 is 0 Å². The molecule has 0 radical (unpaired) electrons. The zero-order valence-electron chi connectivity index (χ0n) is 9.78. The molecule has 1 atom stereocenters. The molecular formula is C11H21NO2. The Bertz CT molecular complexity index is 199. The van der Waals surface area contributed by atoms with E-state index in [1.807, 2.05) is 39.6 Å². The highest BCUT2D eigenvalue weighted by atomic mass is 16.1. The predicted octanol–water partition coefficient (Wildman–Crippen LogP) is 1.51. The van der Waals surface area contributed by atoms with Gasteiger partial charge in [-0.05, 0) is 20.9 Å². The van der Waals surface area contributed by atoms with Gasteiger partial charge in [0.2, 0.25) is 0 Å². The van der Waals surface area contributed by atoms with Crippen LogP contribution in [0.5, 0.6) is 0 Å². The van der Waals surface area contributed by atoms with Crippen LogP contribution >= 0.6 is 0 Å². The fourth-order valence-electron chi connectivity index (χ4n) is 1.32. The number of aldehydes is 1. The summed E-state index contributed by atoms with van der Waals surface area (Å²) in [7, 11) is 1.89. The molecule has 0 aromatic rings. The lowest BCUT2D eigenvalue weighted by atomic mass is 9.98. The first-order valence-corrected chi connectivity index (χ1v) is 5.11. The van der Waals surface area contributed by atoms with Crippen molar-refractivity contribution < 1.29 is 9.59 Å². The molecule has 1 unspecified atom stereocenters. The first-order valence-electron chi connectivity index (χ1n) is 5.11. The summed E-state index contributed by atoms with van der Waals surface area (Å²) in [6.07, 6.45) is 1.12. The number of rotatable bonds is 6. The molecule has 0 aromatic heterocycles. The van der Waals surface area contributed by atoms with Crippen LogP contribution in [0.25, 0.3) is 0 Å². The number of carbonyl (C=O) groups is 2. The molecule has 0 N–H and O–H groups in total. The van der Waals surface area contributed by atoms with Crippen LogP contribution < -0.4 is 0 Å². The van der Waals surface area contributed by atoms with Gasteiger partial charge in [0.25, 0.3) is 0 Å². The Balaban J connectivity index is 4.57. The van der Waals surface area contributed by atoms with Crippen molar-refractivity contribution in [3.05, 3.63) is 0 Å². The second-order valence-electron chi connectivity index (χ2n) is 4.23. The van der Waals surface area contributed by atoms with Crippen LogP contribution in [-0.2, 0) is 9.59 Å². The summed E-state index contributed by atoms with van der Waals surface area (Å²) in [6, 6.07) is 0.0233. The zero-order valence-corrected chi connectivity index (χ0v) is 9.78. The van der Waals surface area contributed by atoms with Crippen LogP contribution in [0.15, 0.2) is 0 Å². The molecule has 0 heterocycles. The second-order valence-corrected chi connectivity index (χ2v) is 4.23. The molecule has 0 aromatic carbocycles. The molecule has 0 amide bonds. The molecule has 0 aliphatic heterocycles. The van der Waals surface area contributed by atoms with Crippen LogP contribution in [0.3, 0.4) is 0 Å². The molecule has 0 aliphatic rings. The Morgan fingerprint density at radius 1 is 1.29 bits per heavy atom. The van der Waals surface area contributed by atoms with E-state index in [2.05, 4.69) is 0 Å². The Labute approximate surface area is 86.5 Å². The third-order valence-corrected chi connectivity index (χ3v) is 2.52. The standard InChI is InChI=1S/C11H21NO2/c1-8(2)11(14)10(6-7-13)12(5)9(3)4/h7-10H,6H2,1-5H3. The van der Waals surface area contributed by atoms with E-state index < -0.39 is 0 Å². The van der Waals surface area contributed by atoms with Crippen molar-refractivity contribution in [1.29, 1.82) is 0 Å². The van der Waals surface area contributed by atoms with Gasteiger partial charge in [0.1, 0.15) is 6.29 Å². The zero-order chi connectivity index (χ0) is 11.3. The van der Waals surface area contributed by atoms with Crippen LogP contribution in [0.1, 0.15) is 34.1 Å². The van der Waals surface area contributed by atoms with E-state index in [4.69, 9.17) is 0 Å². The number of ketones is 1. The van der Waals surface area contributed by atoms with Crippen molar-refractivity contribution in [2.75, 3.05) is 7.05 Å². The largest absolute Gasteiger partial charge is 0.303 e. The average molecular weight is 199 g/mol. The summed E-state index contributed by atoms with van der Waals surface area (Å²) in [4.78, 5) is 24.2. The Hall–Kier alpha value is -0.700. The molecule has 0 bridgehead atoms. The molecule has 0 fully saturated rings. The van der Waals surface area contributed by atoms with Gasteiger partial charge < -0.3 is 4.79 Å². The number of hydrogen-bond acceptors (Lipinski definition) is 3. The van der Waals surface area contributed by atoms with Crippen LogP contribution in [0.4, 0.5) is 0 Å². The lowest BCUT2D eigenvalue weighted by Gasteiger charge is -2.30. The summed E-state index contributed by atoms with van der Waals surface area (Å²) in [5.41, 5.74) is 0. The lowest BCUT2D eigenvalue weighted by molar-refractivity contribution is -0.129. The second kappa shape index (κ2) is 5.91. The fourth-order valence-corrected chi connectivity index (χ4v) is 1.32. The Morgan fingerprint density at radius 3 is 2.07 bits per heavy atom. The minimum absolute atomic E-state index is 0.0128. The van der Waals surface area contributed by atoms with Crippen molar-refractivity contribution >= 4 is 12.1 Å². The third-order valence-electron chi connectivity index (χ3n) is 2.52. The van der Waals surface area contributed by atoms with Crippen molar-refractivity contribution in [2.24, 2.45) is 5.92 Å². The highest BCUT2D eigenvalue weighted by Gasteiger charge is 2.26. The molecule has 0 spiro atoms. The molecule has 3 heteroatoms. The molecule has 0 saturated heterocycles.